The van der Waals surface area contributed by atoms with Gasteiger partial charge in [-0.05, 0) is 12.1 Å². The summed E-state index contributed by atoms with van der Waals surface area (Å²) in [7, 11) is -2.23. The lowest BCUT2D eigenvalue weighted by molar-refractivity contribution is -0.917. The van der Waals surface area contributed by atoms with Crippen LogP contribution in [0.1, 0.15) is 5.56 Å². The molecule has 1 saturated heterocycles. The maximum atomic E-state index is 13.0. The van der Waals surface area contributed by atoms with Crippen molar-refractivity contribution in [1.82, 2.24) is 4.31 Å². The summed E-state index contributed by atoms with van der Waals surface area (Å²) in [6.07, 6.45) is 0. The van der Waals surface area contributed by atoms with E-state index in [2.05, 4.69) is 12.1 Å². The van der Waals surface area contributed by atoms with Crippen molar-refractivity contribution >= 4 is 33.2 Å². The molecule has 2 aromatic carbocycles. The summed E-state index contributed by atoms with van der Waals surface area (Å²) >= 11 is 12.3. The lowest BCUT2D eigenvalue weighted by atomic mass is 10.2. The minimum atomic E-state index is -3.69. The third kappa shape index (κ3) is 4.00. The fourth-order valence-corrected chi connectivity index (χ4v) is 5.37. The number of hydrogen-bond donors (Lipinski definition) is 1. The summed E-state index contributed by atoms with van der Waals surface area (Å²) in [4.78, 5) is 1.39. The topological polar surface area (TPSA) is 51.1 Å². The standard InChI is InChI=1S/C18H20Cl2N2O3S/c1-25-15-7-8-16(18(20)17(15)19)26(23,24)22-11-9-21(10-12-22)13-14-5-3-2-4-6-14/h2-8H,9-13H2,1H3/p+1. The Bertz CT molecular complexity index is 868. The molecule has 8 heteroatoms. The average Bonchev–Trinajstić information content (AvgIpc) is 2.65. The molecule has 0 atom stereocenters. The van der Waals surface area contributed by atoms with Crippen molar-refractivity contribution in [1.29, 1.82) is 0 Å². The number of hydrogen-bond acceptors (Lipinski definition) is 3. The molecule has 0 saturated carbocycles. The van der Waals surface area contributed by atoms with E-state index in [4.69, 9.17) is 27.9 Å². The Morgan fingerprint density at radius 3 is 2.31 bits per heavy atom. The van der Waals surface area contributed by atoms with Crippen LogP contribution >= 0.6 is 23.2 Å². The number of methoxy groups -OCH3 is 1. The Labute approximate surface area is 164 Å². The molecule has 3 rings (SSSR count). The minimum Gasteiger partial charge on any atom is -0.495 e. The number of sulfonamides is 1. The van der Waals surface area contributed by atoms with Gasteiger partial charge in [0.1, 0.15) is 22.2 Å². The van der Waals surface area contributed by atoms with Gasteiger partial charge in [0.05, 0.1) is 38.3 Å². The largest absolute Gasteiger partial charge is 0.495 e. The van der Waals surface area contributed by atoms with Crippen LogP contribution in [0.2, 0.25) is 10.0 Å². The molecule has 26 heavy (non-hydrogen) atoms. The molecule has 0 spiro atoms. The highest BCUT2D eigenvalue weighted by Crippen LogP contribution is 2.37. The molecule has 1 N–H and O–H groups in total. The smallest absolute Gasteiger partial charge is 0.245 e. The predicted octanol–water partition coefficient (Wildman–Crippen LogP) is 2.09. The van der Waals surface area contributed by atoms with Gasteiger partial charge in [-0.3, -0.25) is 0 Å². The zero-order valence-corrected chi connectivity index (χ0v) is 16.7. The number of halogens is 2. The maximum Gasteiger partial charge on any atom is 0.245 e. The Morgan fingerprint density at radius 1 is 1.04 bits per heavy atom. The van der Waals surface area contributed by atoms with Crippen molar-refractivity contribution in [3.8, 4) is 5.75 Å². The van der Waals surface area contributed by atoms with E-state index in [1.807, 2.05) is 18.2 Å². The zero-order chi connectivity index (χ0) is 18.7. The Morgan fingerprint density at radius 2 is 1.69 bits per heavy atom. The Hall–Kier alpha value is -1.31. The second-order valence-corrected chi connectivity index (χ2v) is 8.87. The SMILES string of the molecule is COc1ccc(S(=O)(=O)N2CC[NH+](Cc3ccccc3)CC2)c(Cl)c1Cl. The highest BCUT2D eigenvalue weighted by Gasteiger charge is 2.32. The zero-order valence-electron chi connectivity index (χ0n) is 14.4. The summed E-state index contributed by atoms with van der Waals surface area (Å²) in [5.41, 5.74) is 1.25. The van der Waals surface area contributed by atoms with Crippen LogP contribution in [-0.4, -0.2) is 46.0 Å². The lowest BCUT2D eigenvalue weighted by Crippen LogP contribution is -3.13. The van der Waals surface area contributed by atoms with Gasteiger partial charge in [-0.2, -0.15) is 4.31 Å². The van der Waals surface area contributed by atoms with Gasteiger partial charge in [-0.15, -0.1) is 0 Å². The van der Waals surface area contributed by atoms with Gasteiger partial charge in [0.25, 0.3) is 0 Å². The first-order valence-corrected chi connectivity index (χ1v) is 10.5. The molecule has 0 radical (unpaired) electrons. The van der Waals surface area contributed by atoms with Gasteiger partial charge in [0, 0.05) is 5.56 Å². The first-order chi connectivity index (χ1) is 12.4. The van der Waals surface area contributed by atoms with Crippen LogP contribution in [0.4, 0.5) is 0 Å². The summed E-state index contributed by atoms with van der Waals surface area (Å²) in [6, 6.07) is 13.2. The van der Waals surface area contributed by atoms with Crippen molar-refractivity contribution in [2.24, 2.45) is 0 Å². The Balaban J connectivity index is 1.71. The van der Waals surface area contributed by atoms with E-state index in [1.54, 1.807) is 0 Å². The predicted molar refractivity (Wildman–Crippen MR) is 103 cm³/mol. The quantitative estimate of drug-likeness (QED) is 0.813. The summed E-state index contributed by atoms with van der Waals surface area (Å²) in [5, 5.41) is 0.119. The molecule has 5 nitrogen and oxygen atoms in total. The highest BCUT2D eigenvalue weighted by atomic mass is 35.5. The number of quaternary nitrogens is 1. The molecule has 0 aliphatic carbocycles. The van der Waals surface area contributed by atoms with Gasteiger partial charge < -0.3 is 9.64 Å². The van der Waals surface area contributed by atoms with Crippen LogP contribution in [0, 0.1) is 0 Å². The minimum absolute atomic E-state index is 0.00470. The molecule has 2 aromatic rings. The molecule has 0 aromatic heterocycles. The number of ether oxygens (including phenoxy) is 1. The molecule has 0 unspecified atom stereocenters. The normalized spacial score (nSPS) is 16.6. The summed E-state index contributed by atoms with van der Waals surface area (Å²) in [5.74, 6) is 0.354. The van der Waals surface area contributed by atoms with E-state index in [0.29, 0.717) is 18.8 Å². The third-order valence-electron chi connectivity index (χ3n) is 4.58. The molecule has 1 aliphatic rings. The van der Waals surface area contributed by atoms with Crippen molar-refractivity contribution in [3.63, 3.8) is 0 Å². The molecule has 1 aliphatic heterocycles. The van der Waals surface area contributed by atoms with Crippen molar-refractivity contribution < 1.29 is 18.1 Å². The van der Waals surface area contributed by atoms with E-state index in [0.717, 1.165) is 19.6 Å². The second kappa shape index (κ2) is 8.15. The number of nitrogens with one attached hydrogen (secondary N) is 1. The second-order valence-electron chi connectivity index (χ2n) is 6.21. The number of piperazine rings is 1. The van der Waals surface area contributed by atoms with E-state index in [9.17, 15) is 8.42 Å². The molecular weight excluding hydrogens is 395 g/mol. The molecular formula is C18H21Cl2N2O3S+. The number of rotatable bonds is 5. The molecule has 0 bridgehead atoms. The Kier molecular flexibility index (Phi) is 6.10. The maximum absolute atomic E-state index is 13.0. The molecule has 1 fully saturated rings. The van der Waals surface area contributed by atoms with Crippen LogP contribution in [0.3, 0.4) is 0 Å². The van der Waals surface area contributed by atoms with Crippen LogP contribution in [0.15, 0.2) is 47.4 Å². The average molecular weight is 416 g/mol. The number of nitrogens with zero attached hydrogens (tertiary/aromatic N) is 1. The fraction of sp³-hybridized carbons (Fsp3) is 0.333. The van der Waals surface area contributed by atoms with E-state index < -0.39 is 10.0 Å². The van der Waals surface area contributed by atoms with Crippen molar-refractivity contribution in [3.05, 3.63) is 58.1 Å². The van der Waals surface area contributed by atoms with E-state index in [1.165, 1.54) is 34.0 Å². The van der Waals surface area contributed by atoms with Crippen molar-refractivity contribution in [2.75, 3.05) is 33.3 Å². The molecule has 1 heterocycles. The van der Waals surface area contributed by atoms with Crippen LogP contribution in [0.5, 0.6) is 5.75 Å². The third-order valence-corrected chi connectivity index (χ3v) is 7.49. The monoisotopic (exact) mass is 415 g/mol. The van der Waals surface area contributed by atoms with Gasteiger partial charge in [-0.25, -0.2) is 8.42 Å². The molecule has 140 valence electrons. The van der Waals surface area contributed by atoms with Crippen LogP contribution in [0.25, 0.3) is 0 Å². The summed E-state index contributed by atoms with van der Waals surface area (Å²) < 4.78 is 32.5. The first kappa shape index (κ1) is 19.5. The van der Waals surface area contributed by atoms with Gasteiger partial charge >= 0.3 is 0 Å². The fourth-order valence-electron chi connectivity index (χ4n) is 3.11. The van der Waals surface area contributed by atoms with Gasteiger partial charge in [0.2, 0.25) is 10.0 Å². The van der Waals surface area contributed by atoms with Gasteiger partial charge in [-0.1, -0.05) is 53.5 Å². The van der Waals surface area contributed by atoms with Crippen molar-refractivity contribution in [2.45, 2.75) is 11.4 Å². The van der Waals surface area contributed by atoms with E-state index in [-0.39, 0.29) is 14.9 Å². The summed E-state index contributed by atoms with van der Waals surface area (Å²) in [6.45, 7) is 3.28. The number of benzene rings is 2. The van der Waals surface area contributed by atoms with Crippen LogP contribution < -0.4 is 9.64 Å². The first-order valence-electron chi connectivity index (χ1n) is 8.33. The van der Waals surface area contributed by atoms with E-state index >= 15 is 0 Å². The van der Waals surface area contributed by atoms with Crippen LogP contribution in [-0.2, 0) is 16.6 Å². The van der Waals surface area contributed by atoms with Gasteiger partial charge in [0.15, 0.2) is 0 Å². The highest BCUT2D eigenvalue weighted by molar-refractivity contribution is 7.89. The lowest BCUT2D eigenvalue weighted by Gasteiger charge is -2.31. The molecule has 0 amide bonds.